The lowest BCUT2D eigenvalue weighted by Crippen LogP contribution is -2.42. The fourth-order valence-corrected chi connectivity index (χ4v) is 2.09. The van der Waals surface area contributed by atoms with Crippen LogP contribution in [0.3, 0.4) is 0 Å². The lowest BCUT2D eigenvalue weighted by Gasteiger charge is -2.32. The molecule has 4 heteroatoms. The second-order valence-corrected chi connectivity index (χ2v) is 4.71. The molecule has 0 aliphatic carbocycles. The van der Waals surface area contributed by atoms with E-state index in [1.54, 1.807) is 7.11 Å². The van der Waals surface area contributed by atoms with Crippen molar-refractivity contribution in [3.63, 3.8) is 0 Å². The second kappa shape index (κ2) is 6.86. The van der Waals surface area contributed by atoms with Crippen LogP contribution in [0, 0.1) is 0 Å². The number of nitrogens with zero attached hydrogens (tertiary/aromatic N) is 1. The highest BCUT2D eigenvalue weighted by Crippen LogP contribution is 2.14. The molecule has 0 aromatic rings. The summed E-state index contributed by atoms with van der Waals surface area (Å²) in [7, 11) is 1.72. The lowest BCUT2D eigenvalue weighted by molar-refractivity contribution is -0.134. The van der Waals surface area contributed by atoms with Crippen LogP contribution in [0.1, 0.15) is 39.0 Å². The van der Waals surface area contributed by atoms with Crippen LogP contribution in [-0.4, -0.2) is 43.2 Å². The lowest BCUT2D eigenvalue weighted by atomic mass is 10.1. The first kappa shape index (κ1) is 13.5. The van der Waals surface area contributed by atoms with E-state index >= 15 is 0 Å². The number of amides is 1. The molecule has 1 fully saturated rings. The molecule has 1 saturated heterocycles. The average molecular weight is 228 g/mol. The van der Waals surface area contributed by atoms with E-state index in [1.807, 2.05) is 11.8 Å². The Bertz CT molecular complexity index is 219. The molecule has 1 aliphatic rings. The van der Waals surface area contributed by atoms with Crippen molar-refractivity contribution >= 4 is 5.91 Å². The van der Waals surface area contributed by atoms with E-state index in [9.17, 15) is 4.79 Å². The quantitative estimate of drug-likeness (QED) is 0.767. The minimum atomic E-state index is 0.195. The number of rotatable bonds is 5. The number of ether oxygens (including phenoxy) is 1. The molecule has 1 heterocycles. The van der Waals surface area contributed by atoms with Crippen molar-refractivity contribution in [2.45, 2.75) is 51.2 Å². The van der Waals surface area contributed by atoms with Gasteiger partial charge in [-0.2, -0.15) is 0 Å². The highest BCUT2D eigenvalue weighted by molar-refractivity contribution is 5.76. The van der Waals surface area contributed by atoms with E-state index in [0.29, 0.717) is 6.42 Å². The van der Waals surface area contributed by atoms with Gasteiger partial charge >= 0.3 is 0 Å². The zero-order valence-corrected chi connectivity index (χ0v) is 10.4. The van der Waals surface area contributed by atoms with Gasteiger partial charge in [0.2, 0.25) is 5.91 Å². The molecular weight excluding hydrogens is 204 g/mol. The van der Waals surface area contributed by atoms with E-state index in [-0.39, 0.29) is 18.1 Å². The summed E-state index contributed by atoms with van der Waals surface area (Å²) in [6, 6.07) is 0.195. The zero-order chi connectivity index (χ0) is 12.0. The first-order valence-electron chi connectivity index (χ1n) is 6.19. The Hall–Kier alpha value is -0.610. The van der Waals surface area contributed by atoms with Crippen molar-refractivity contribution < 1.29 is 9.53 Å². The minimum absolute atomic E-state index is 0.195. The van der Waals surface area contributed by atoms with Crippen LogP contribution in [0.25, 0.3) is 0 Å². The second-order valence-electron chi connectivity index (χ2n) is 4.71. The SMILES string of the molecule is COC1CCCN(C(=O)CCCC(C)N)C1. The van der Waals surface area contributed by atoms with Gasteiger partial charge in [0, 0.05) is 32.7 Å². The van der Waals surface area contributed by atoms with Gasteiger partial charge < -0.3 is 15.4 Å². The summed E-state index contributed by atoms with van der Waals surface area (Å²) in [6.45, 7) is 3.62. The maximum atomic E-state index is 11.9. The molecule has 0 radical (unpaired) electrons. The van der Waals surface area contributed by atoms with Crippen LogP contribution < -0.4 is 5.73 Å². The van der Waals surface area contributed by atoms with Crippen LogP contribution in [0.4, 0.5) is 0 Å². The maximum absolute atomic E-state index is 11.9. The summed E-state index contributed by atoms with van der Waals surface area (Å²) in [5, 5.41) is 0. The molecule has 16 heavy (non-hydrogen) atoms. The number of hydrogen-bond acceptors (Lipinski definition) is 3. The monoisotopic (exact) mass is 228 g/mol. The van der Waals surface area contributed by atoms with Gasteiger partial charge in [-0.25, -0.2) is 0 Å². The van der Waals surface area contributed by atoms with Crippen LogP contribution in [0.2, 0.25) is 0 Å². The maximum Gasteiger partial charge on any atom is 0.222 e. The minimum Gasteiger partial charge on any atom is -0.380 e. The molecule has 1 amide bonds. The van der Waals surface area contributed by atoms with Crippen molar-refractivity contribution in [2.24, 2.45) is 5.73 Å². The molecule has 0 aromatic heterocycles. The van der Waals surface area contributed by atoms with E-state index in [0.717, 1.165) is 38.8 Å². The Morgan fingerprint density at radius 2 is 2.38 bits per heavy atom. The molecule has 0 aromatic carbocycles. The summed E-state index contributed by atoms with van der Waals surface area (Å²) in [5.41, 5.74) is 5.66. The van der Waals surface area contributed by atoms with Crippen LogP contribution in [-0.2, 0) is 9.53 Å². The van der Waals surface area contributed by atoms with Gasteiger partial charge in [-0.1, -0.05) is 0 Å². The third-order valence-corrected chi connectivity index (χ3v) is 3.11. The summed E-state index contributed by atoms with van der Waals surface area (Å²) in [6.07, 6.45) is 4.79. The Morgan fingerprint density at radius 3 is 3.00 bits per heavy atom. The molecule has 0 saturated carbocycles. The largest absolute Gasteiger partial charge is 0.380 e. The number of likely N-dealkylation sites (tertiary alicyclic amines) is 1. The van der Waals surface area contributed by atoms with E-state index < -0.39 is 0 Å². The van der Waals surface area contributed by atoms with Crippen molar-refractivity contribution in [1.82, 2.24) is 4.90 Å². The molecule has 2 unspecified atom stereocenters. The number of carbonyl (C=O) groups is 1. The molecule has 2 atom stereocenters. The molecule has 0 spiro atoms. The van der Waals surface area contributed by atoms with Crippen LogP contribution in [0.5, 0.6) is 0 Å². The van der Waals surface area contributed by atoms with Crippen molar-refractivity contribution in [3.8, 4) is 0 Å². The van der Waals surface area contributed by atoms with Gasteiger partial charge in [0.25, 0.3) is 0 Å². The molecule has 1 aliphatic heterocycles. The number of methoxy groups -OCH3 is 1. The number of piperidine rings is 1. The Morgan fingerprint density at radius 1 is 1.62 bits per heavy atom. The Balaban J connectivity index is 2.24. The number of nitrogens with two attached hydrogens (primary N) is 1. The van der Waals surface area contributed by atoms with Gasteiger partial charge in [0.05, 0.1) is 6.10 Å². The van der Waals surface area contributed by atoms with Crippen LogP contribution >= 0.6 is 0 Å². The predicted molar refractivity (Wildman–Crippen MR) is 64.1 cm³/mol. The molecular formula is C12H24N2O2. The third-order valence-electron chi connectivity index (χ3n) is 3.11. The van der Waals surface area contributed by atoms with Gasteiger partial charge in [0.15, 0.2) is 0 Å². The van der Waals surface area contributed by atoms with Crippen molar-refractivity contribution in [3.05, 3.63) is 0 Å². The van der Waals surface area contributed by atoms with Gasteiger partial charge in [-0.05, 0) is 32.6 Å². The van der Waals surface area contributed by atoms with Gasteiger partial charge in [-0.15, -0.1) is 0 Å². The highest BCUT2D eigenvalue weighted by atomic mass is 16.5. The van der Waals surface area contributed by atoms with E-state index in [2.05, 4.69) is 0 Å². The van der Waals surface area contributed by atoms with Crippen molar-refractivity contribution in [2.75, 3.05) is 20.2 Å². The molecule has 1 rings (SSSR count). The first-order chi connectivity index (χ1) is 7.63. The zero-order valence-electron chi connectivity index (χ0n) is 10.4. The average Bonchev–Trinajstić information content (AvgIpc) is 2.28. The molecule has 94 valence electrons. The molecule has 2 N–H and O–H groups in total. The topological polar surface area (TPSA) is 55.6 Å². The summed E-state index contributed by atoms with van der Waals surface area (Å²) in [4.78, 5) is 13.8. The van der Waals surface area contributed by atoms with E-state index in [1.165, 1.54) is 0 Å². The summed E-state index contributed by atoms with van der Waals surface area (Å²) < 4.78 is 5.30. The van der Waals surface area contributed by atoms with Gasteiger partial charge in [0.1, 0.15) is 0 Å². The summed E-state index contributed by atoms with van der Waals surface area (Å²) in [5.74, 6) is 0.252. The molecule has 4 nitrogen and oxygen atoms in total. The fourth-order valence-electron chi connectivity index (χ4n) is 2.09. The normalized spacial score (nSPS) is 23.2. The molecule has 0 bridgehead atoms. The van der Waals surface area contributed by atoms with Gasteiger partial charge in [-0.3, -0.25) is 4.79 Å². The number of hydrogen-bond donors (Lipinski definition) is 1. The number of carbonyl (C=O) groups excluding carboxylic acids is 1. The Labute approximate surface area is 98.1 Å². The predicted octanol–water partition coefficient (Wildman–Crippen LogP) is 1.14. The van der Waals surface area contributed by atoms with E-state index in [4.69, 9.17) is 10.5 Å². The summed E-state index contributed by atoms with van der Waals surface area (Å²) >= 11 is 0. The third kappa shape index (κ3) is 4.49. The van der Waals surface area contributed by atoms with Crippen molar-refractivity contribution in [1.29, 1.82) is 0 Å². The Kier molecular flexibility index (Phi) is 5.77. The highest BCUT2D eigenvalue weighted by Gasteiger charge is 2.22. The first-order valence-corrected chi connectivity index (χ1v) is 6.19. The standard InChI is InChI=1S/C12H24N2O2/c1-10(13)5-3-7-12(15)14-8-4-6-11(9-14)16-2/h10-11H,3-9,13H2,1-2H3. The van der Waals surface area contributed by atoms with Crippen LogP contribution in [0.15, 0.2) is 0 Å². The fraction of sp³-hybridized carbons (Fsp3) is 0.917. The smallest absolute Gasteiger partial charge is 0.222 e.